The summed E-state index contributed by atoms with van der Waals surface area (Å²) in [5.41, 5.74) is 0.654. The summed E-state index contributed by atoms with van der Waals surface area (Å²) >= 11 is 11.5. The van der Waals surface area contributed by atoms with Crippen LogP contribution in [-0.4, -0.2) is 29.5 Å². The van der Waals surface area contributed by atoms with Gasteiger partial charge in [-0.25, -0.2) is 0 Å². The van der Waals surface area contributed by atoms with E-state index >= 15 is 0 Å². The Kier molecular flexibility index (Phi) is 4.99. The molecule has 2 aliphatic rings. The Morgan fingerprint density at radius 2 is 2.10 bits per heavy atom. The maximum absolute atomic E-state index is 12.8. The van der Waals surface area contributed by atoms with Crippen LogP contribution >= 0.6 is 39.3 Å². The minimum absolute atomic E-state index is 0.0559. The molecule has 1 unspecified atom stereocenters. The third kappa shape index (κ3) is 3.66. The number of hydrogen-bond acceptors (Lipinski definition) is 3. The summed E-state index contributed by atoms with van der Waals surface area (Å²) in [6.45, 7) is 0.697. The van der Waals surface area contributed by atoms with Gasteiger partial charge in [-0.1, -0.05) is 27.5 Å². The zero-order chi connectivity index (χ0) is 14.9. The van der Waals surface area contributed by atoms with Crippen molar-refractivity contribution in [3.8, 4) is 0 Å². The van der Waals surface area contributed by atoms with Crippen LogP contribution in [0.1, 0.15) is 36.0 Å². The van der Waals surface area contributed by atoms with Crippen molar-refractivity contribution in [3.05, 3.63) is 33.3 Å². The molecule has 0 N–H and O–H groups in total. The molecule has 2 aliphatic heterocycles. The van der Waals surface area contributed by atoms with Crippen molar-refractivity contribution in [3.63, 3.8) is 0 Å². The number of benzene rings is 1. The van der Waals surface area contributed by atoms with Gasteiger partial charge in [0, 0.05) is 27.6 Å². The molecule has 1 spiro atoms. The first-order chi connectivity index (χ1) is 10.1. The number of rotatable bonds is 2. The Balaban J connectivity index is 1.77. The Morgan fingerprint density at radius 3 is 2.81 bits per heavy atom. The predicted molar refractivity (Wildman–Crippen MR) is 91.4 cm³/mol. The Bertz CT molecular complexity index is 517. The quantitative estimate of drug-likeness (QED) is 0.667. The second-order valence-electron chi connectivity index (χ2n) is 5.86. The lowest BCUT2D eigenvalue weighted by atomic mass is 9.79. The summed E-state index contributed by atoms with van der Waals surface area (Å²) in [6, 6.07) is 5.45. The number of ether oxygens (including phenoxy) is 1. The highest BCUT2D eigenvalue weighted by atomic mass is 79.9. The van der Waals surface area contributed by atoms with Crippen LogP contribution in [0.25, 0.3) is 0 Å². The van der Waals surface area contributed by atoms with Crippen LogP contribution in [0, 0.1) is 5.92 Å². The van der Waals surface area contributed by atoms with Gasteiger partial charge >= 0.3 is 0 Å². The van der Waals surface area contributed by atoms with E-state index in [2.05, 4.69) is 15.9 Å². The molecule has 0 aliphatic carbocycles. The molecule has 1 aromatic carbocycles. The van der Waals surface area contributed by atoms with Gasteiger partial charge in [0.05, 0.1) is 5.60 Å². The monoisotopic (exact) mass is 388 g/mol. The fourth-order valence-electron chi connectivity index (χ4n) is 3.28. The van der Waals surface area contributed by atoms with E-state index in [-0.39, 0.29) is 17.3 Å². The van der Waals surface area contributed by atoms with Crippen molar-refractivity contribution < 1.29 is 9.53 Å². The third-order valence-electron chi connectivity index (χ3n) is 4.41. The van der Waals surface area contributed by atoms with Gasteiger partial charge in [0.1, 0.15) is 0 Å². The molecule has 2 saturated heterocycles. The van der Waals surface area contributed by atoms with Crippen molar-refractivity contribution in [2.75, 3.05) is 18.1 Å². The number of carbonyl (C=O) groups is 1. The topological polar surface area (TPSA) is 26.3 Å². The van der Waals surface area contributed by atoms with Crippen LogP contribution < -0.4 is 0 Å². The fourth-order valence-corrected chi connectivity index (χ4v) is 5.37. The van der Waals surface area contributed by atoms with Crippen molar-refractivity contribution in [2.24, 2.45) is 5.92 Å². The van der Waals surface area contributed by atoms with E-state index in [1.54, 1.807) is 6.07 Å². The molecule has 1 atom stereocenters. The Hall–Kier alpha value is -0.0300. The van der Waals surface area contributed by atoms with E-state index in [0.29, 0.717) is 17.2 Å². The van der Waals surface area contributed by atoms with E-state index in [9.17, 15) is 4.79 Å². The normalized spacial score (nSPS) is 25.0. The van der Waals surface area contributed by atoms with Crippen molar-refractivity contribution >= 4 is 45.1 Å². The first kappa shape index (κ1) is 15.9. The van der Waals surface area contributed by atoms with Gasteiger partial charge in [-0.2, -0.15) is 11.8 Å². The van der Waals surface area contributed by atoms with E-state index in [1.165, 1.54) is 0 Å². The van der Waals surface area contributed by atoms with Crippen molar-refractivity contribution in [1.29, 1.82) is 0 Å². The number of ketones is 1. The number of carbonyl (C=O) groups excluding carboxylic acids is 1. The molecule has 2 nitrogen and oxygen atoms in total. The van der Waals surface area contributed by atoms with Crippen LogP contribution in [0.4, 0.5) is 0 Å². The van der Waals surface area contributed by atoms with E-state index in [4.69, 9.17) is 16.3 Å². The molecule has 0 aromatic heterocycles. The standard InChI is InChI=1S/C16H18BrClO2S/c17-13-7-12(8-14(18)9-13)15(19)11-1-4-20-16(10-11)2-5-21-6-3-16/h7-9,11H,1-6,10H2. The Labute approximate surface area is 143 Å². The summed E-state index contributed by atoms with van der Waals surface area (Å²) in [5, 5.41) is 0.601. The first-order valence-electron chi connectivity index (χ1n) is 7.30. The smallest absolute Gasteiger partial charge is 0.166 e. The average molecular weight is 390 g/mol. The number of hydrogen-bond donors (Lipinski definition) is 0. The van der Waals surface area contributed by atoms with E-state index in [0.717, 1.165) is 41.7 Å². The number of halogens is 2. The molecule has 0 saturated carbocycles. The van der Waals surface area contributed by atoms with Crippen LogP contribution in [0.2, 0.25) is 5.02 Å². The summed E-state index contributed by atoms with van der Waals surface area (Å²) in [5.74, 6) is 2.55. The van der Waals surface area contributed by atoms with Gasteiger partial charge in [0.25, 0.3) is 0 Å². The minimum Gasteiger partial charge on any atom is -0.375 e. The summed E-state index contributed by atoms with van der Waals surface area (Å²) in [4.78, 5) is 12.8. The zero-order valence-electron chi connectivity index (χ0n) is 11.7. The molecular formula is C16H18BrClO2S. The summed E-state index contributed by atoms with van der Waals surface area (Å²) in [7, 11) is 0. The van der Waals surface area contributed by atoms with Crippen LogP contribution in [-0.2, 0) is 4.74 Å². The van der Waals surface area contributed by atoms with E-state index in [1.807, 2.05) is 23.9 Å². The SMILES string of the molecule is O=C(c1cc(Cl)cc(Br)c1)C1CCOC2(CCSCC2)C1. The van der Waals surface area contributed by atoms with Gasteiger partial charge in [-0.15, -0.1) is 0 Å². The fraction of sp³-hybridized carbons (Fsp3) is 0.562. The molecule has 2 fully saturated rings. The highest BCUT2D eigenvalue weighted by Crippen LogP contribution is 2.40. The molecule has 21 heavy (non-hydrogen) atoms. The second kappa shape index (κ2) is 6.61. The molecule has 0 radical (unpaired) electrons. The Morgan fingerprint density at radius 1 is 1.33 bits per heavy atom. The first-order valence-corrected chi connectivity index (χ1v) is 9.63. The van der Waals surface area contributed by atoms with Gasteiger partial charge in [-0.05, 0) is 55.4 Å². The number of thioether (sulfide) groups is 1. The predicted octanol–water partition coefficient (Wildman–Crippen LogP) is 4.98. The van der Waals surface area contributed by atoms with Gasteiger partial charge in [-0.3, -0.25) is 4.79 Å². The van der Waals surface area contributed by atoms with E-state index < -0.39 is 0 Å². The lowest BCUT2D eigenvalue weighted by molar-refractivity contribution is -0.0959. The molecule has 0 amide bonds. The van der Waals surface area contributed by atoms with Crippen LogP contribution in [0.15, 0.2) is 22.7 Å². The molecule has 2 heterocycles. The molecule has 0 bridgehead atoms. The van der Waals surface area contributed by atoms with Crippen molar-refractivity contribution in [2.45, 2.75) is 31.3 Å². The maximum atomic E-state index is 12.8. The van der Waals surface area contributed by atoms with Gasteiger partial charge in [0.2, 0.25) is 0 Å². The van der Waals surface area contributed by atoms with Gasteiger partial charge in [0.15, 0.2) is 5.78 Å². The largest absolute Gasteiger partial charge is 0.375 e. The van der Waals surface area contributed by atoms with Crippen molar-refractivity contribution in [1.82, 2.24) is 0 Å². The van der Waals surface area contributed by atoms with Gasteiger partial charge < -0.3 is 4.74 Å². The lowest BCUT2D eigenvalue weighted by Crippen LogP contribution is -2.44. The van der Waals surface area contributed by atoms with Crippen LogP contribution in [0.5, 0.6) is 0 Å². The average Bonchev–Trinajstić information content (AvgIpc) is 2.46. The second-order valence-corrected chi connectivity index (χ2v) is 8.43. The molecule has 3 rings (SSSR count). The summed E-state index contributed by atoms with van der Waals surface area (Å²) in [6.07, 6.45) is 3.82. The minimum atomic E-state index is -0.0559. The lowest BCUT2D eigenvalue weighted by Gasteiger charge is -2.42. The molecule has 5 heteroatoms. The third-order valence-corrected chi connectivity index (χ3v) is 6.08. The highest BCUT2D eigenvalue weighted by molar-refractivity contribution is 9.10. The highest BCUT2D eigenvalue weighted by Gasteiger charge is 2.41. The molecular weight excluding hydrogens is 372 g/mol. The zero-order valence-corrected chi connectivity index (χ0v) is 14.9. The molecule has 114 valence electrons. The molecule has 1 aromatic rings. The summed E-state index contributed by atoms with van der Waals surface area (Å²) < 4.78 is 6.92. The van der Waals surface area contributed by atoms with Crippen LogP contribution in [0.3, 0.4) is 0 Å². The maximum Gasteiger partial charge on any atom is 0.166 e. The number of Topliss-reactive ketones (excluding diaryl/α,β-unsaturated/α-hetero) is 1.